The van der Waals surface area contributed by atoms with Gasteiger partial charge in [-0.3, -0.25) is 14.4 Å². The smallest absolute Gasteiger partial charge is 0.338 e. The first kappa shape index (κ1) is 17.3. The summed E-state index contributed by atoms with van der Waals surface area (Å²) < 4.78 is 39.3. The summed E-state index contributed by atoms with van der Waals surface area (Å²) in [6.07, 6.45) is -1.31. The number of carbonyl (C=O) groups excluding carboxylic acids is 3. The van der Waals surface area contributed by atoms with Gasteiger partial charge in [0.2, 0.25) is 17.7 Å². The standard InChI is InChI=1S/C17H12BrF3N2O3/c1-22-11-5-3-8(14(22)24)12-13(11)16(26)23(15(12)25)7-2-4-10(18)9(6-7)17(19,20)21/h2-6,8,11-13H,1H3/t8?,11?,12-,13+/m0/s1. The maximum Gasteiger partial charge on any atom is 0.417 e. The molecule has 136 valence electrons. The number of hydrogen-bond donors (Lipinski definition) is 0. The summed E-state index contributed by atoms with van der Waals surface area (Å²) in [6, 6.07) is 2.66. The highest BCUT2D eigenvalue weighted by atomic mass is 79.9. The second-order valence-electron chi connectivity index (χ2n) is 6.58. The van der Waals surface area contributed by atoms with Gasteiger partial charge in [-0.15, -0.1) is 0 Å². The molecule has 2 fully saturated rings. The third-order valence-corrected chi connectivity index (χ3v) is 5.95. The van der Waals surface area contributed by atoms with Gasteiger partial charge >= 0.3 is 6.18 Å². The number of amides is 3. The molecule has 4 aliphatic rings. The van der Waals surface area contributed by atoms with Crippen molar-refractivity contribution in [3.05, 3.63) is 40.4 Å². The normalized spacial score (nSPS) is 30.4. The Labute approximate surface area is 154 Å². The lowest BCUT2D eigenvalue weighted by molar-refractivity contribution is -0.148. The van der Waals surface area contributed by atoms with E-state index in [0.29, 0.717) is 0 Å². The van der Waals surface area contributed by atoms with Gasteiger partial charge in [-0.2, -0.15) is 13.2 Å². The summed E-state index contributed by atoms with van der Waals surface area (Å²) in [6.45, 7) is 0. The van der Waals surface area contributed by atoms with Crippen LogP contribution in [0.25, 0.3) is 0 Å². The molecule has 2 saturated heterocycles. The van der Waals surface area contributed by atoms with E-state index >= 15 is 0 Å². The summed E-state index contributed by atoms with van der Waals surface area (Å²) in [7, 11) is 1.56. The molecule has 3 aliphatic heterocycles. The van der Waals surface area contributed by atoms with Crippen molar-refractivity contribution in [3.8, 4) is 0 Å². The van der Waals surface area contributed by atoms with Gasteiger partial charge in [-0.1, -0.05) is 28.1 Å². The van der Waals surface area contributed by atoms with Crippen LogP contribution in [0.15, 0.2) is 34.8 Å². The van der Waals surface area contributed by atoms with E-state index in [1.807, 2.05) is 0 Å². The Morgan fingerprint density at radius 3 is 2.31 bits per heavy atom. The Morgan fingerprint density at radius 2 is 1.65 bits per heavy atom. The number of rotatable bonds is 1. The van der Waals surface area contributed by atoms with E-state index in [2.05, 4.69) is 15.9 Å². The van der Waals surface area contributed by atoms with Crippen LogP contribution in [0.2, 0.25) is 0 Å². The molecular formula is C17H12BrF3N2O3. The average Bonchev–Trinajstić information content (AvgIpc) is 2.84. The zero-order chi connectivity index (χ0) is 19.0. The molecule has 1 aromatic rings. The van der Waals surface area contributed by atoms with Crippen molar-refractivity contribution in [2.75, 3.05) is 11.9 Å². The topological polar surface area (TPSA) is 57.7 Å². The number of fused-ring (bicyclic) bond motifs is 1. The molecule has 3 amide bonds. The zero-order valence-electron chi connectivity index (χ0n) is 13.3. The van der Waals surface area contributed by atoms with Crippen LogP contribution < -0.4 is 4.90 Å². The molecule has 0 saturated carbocycles. The largest absolute Gasteiger partial charge is 0.417 e. The molecule has 0 N–H and O–H groups in total. The molecule has 2 bridgehead atoms. The van der Waals surface area contributed by atoms with E-state index in [0.717, 1.165) is 17.0 Å². The van der Waals surface area contributed by atoms with Gasteiger partial charge in [-0.05, 0) is 18.2 Å². The van der Waals surface area contributed by atoms with Gasteiger partial charge in [0, 0.05) is 11.5 Å². The highest BCUT2D eigenvalue weighted by Gasteiger charge is 2.61. The quantitative estimate of drug-likeness (QED) is 0.510. The molecule has 0 spiro atoms. The van der Waals surface area contributed by atoms with Gasteiger partial charge in [0.15, 0.2) is 0 Å². The predicted octanol–water partition coefficient (Wildman–Crippen LogP) is 2.60. The van der Waals surface area contributed by atoms with Crippen molar-refractivity contribution < 1.29 is 27.6 Å². The maximum atomic E-state index is 13.2. The number of anilines is 1. The third kappa shape index (κ3) is 2.19. The van der Waals surface area contributed by atoms with Crippen LogP contribution in [0, 0.1) is 17.8 Å². The summed E-state index contributed by atoms with van der Waals surface area (Å²) in [4.78, 5) is 40.2. The fourth-order valence-electron chi connectivity index (χ4n) is 4.03. The van der Waals surface area contributed by atoms with Crippen molar-refractivity contribution in [1.29, 1.82) is 0 Å². The van der Waals surface area contributed by atoms with E-state index in [4.69, 9.17) is 0 Å². The Bertz CT molecular complexity index is 882. The van der Waals surface area contributed by atoms with Gasteiger partial charge in [-0.25, -0.2) is 4.90 Å². The van der Waals surface area contributed by atoms with Crippen molar-refractivity contribution in [1.82, 2.24) is 4.90 Å². The Kier molecular flexibility index (Phi) is 3.60. The molecule has 26 heavy (non-hydrogen) atoms. The number of carbonyl (C=O) groups is 3. The van der Waals surface area contributed by atoms with Crippen LogP contribution in [0.5, 0.6) is 0 Å². The highest BCUT2D eigenvalue weighted by Crippen LogP contribution is 2.47. The molecule has 4 atom stereocenters. The molecule has 0 radical (unpaired) electrons. The van der Waals surface area contributed by atoms with Gasteiger partial charge < -0.3 is 4.90 Å². The summed E-state index contributed by atoms with van der Waals surface area (Å²) >= 11 is 2.84. The third-order valence-electron chi connectivity index (χ3n) is 5.26. The van der Waals surface area contributed by atoms with Crippen LogP contribution >= 0.6 is 15.9 Å². The summed E-state index contributed by atoms with van der Waals surface area (Å²) in [5.74, 6) is -3.84. The average molecular weight is 429 g/mol. The lowest BCUT2D eigenvalue weighted by atomic mass is 9.70. The number of alkyl halides is 3. The Morgan fingerprint density at radius 1 is 1.00 bits per heavy atom. The monoisotopic (exact) mass is 428 g/mol. The van der Waals surface area contributed by atoms with Crippen LogP contribution in [-0.2, 0) is 20.6 Å². The number of imide groups is 1. The van der Waals surface area contributed by atoms with Gasteiger partial charge in [0.25, 0.3) is 0 Å². The van der Waals surface area contributed by atoms with Gasteiger partial charge in [0.1, 0.15) is 0 Å². The van der Waals surface area contributed by atoms with Crippen LogP contribution in [0.4, 0.5) is 18.9 Å². The van der Waals surface area contributed by atoms with E-state index in [1.165, 1.54) is 11.0 Å². The second-order valence-corrected chi connectivity index (χ2v) is 7.43. The minimum absolute atomic E-state index is 0.139. The number of nitrogens with zero attached hydrogens (tertiary/aromatic N) is 2. The summed E-state index contributed by atoms with van der Waals surface area (Å²) in [5, 5.41) is 0. The molecule has 9 heteroatoms. The van der Waals surface area contributed by atoms with Gasteiger partial charge in [0.05, 0.1) is 35.0 Å². The first-order valence-corrected chi connectivity index (χ1v) is 8.62. The molecule has 0 aromatic heterocycles. The van der Waals surface area contributed by atoms with Crippen LogP contribution in [0.1, 0.15) is 5.56 Å². The molecule has 2 unspecified atom stereocenters. The Balaban J connectivity index is 1.78. The summed E-state index contributed by atoms with van der Waals surface area (Å²) in [5.41, 5.74) is -1.11. The van der Waals surface area contributed by atoms with E-state index < -0.39 is 47.3 Å². The first-order chi connectivity index (χ1) is 12.1. The van der Waals surface area contributed by atoms with Crippen molar-refractivity contribution in [2.45, 2.75) is 12.2 Å². The van der Waals surface area contributed by atoms with E-state index in [-0.39, 0.29) is 16.1 Å². The maximum absolute atomic E-state index is 13.2. The van der Waals surface area contributed by atoms with E-state index in [1.54, 1.807) is 19.2 Å². The molecule has 5 rings (SSSR count). The number of benzene rings is 1. The molecule has 1 aromatic carbocycles. The van der Waals surface area contributed by atoms with Crippen LogP contribution in [0.3, 0.4) is 0 Å². The van der Waals surface area contributed by atoms with Crippen molar-refractivity contribution in [2.24, 2.45) is 17.8 Å². The van der Waals surface area contributed by atoms with Crippen LogP contribution in [-0.4, -0.2) is 35.7 Å². The fourth-order valence-corrected chi connectivity index (χ4v) is 4.51. The second kappa shape index (κ2) is 5.42. The fraction of sp³-hybridized carbons (Fsp3) is 0.353. The molecule has 1 aliphatic carbocycles. The SMILES string of the molecule is CN1C(=O)C2C=CC1[C@H]1C(=O)N(c3ccc(Br)c(C(F)(F)F)c3)C(=O)[C@@H]21. The zero-order valence-corrected chi connectivity index (χ0v) is 14.9. The van der Waals surface area contributed by atoms with Crippen molar-refractivity contribution in [3.63, 3.8) is 0 Å². The van der Waals surface area contributed by atoms with Crippen molar-refractivity contribution >= 4 is 39.3 Å². The molecule has 5 nitrogen and oxygen atoms in total. The number of hydrogen-bond acceptors (Lipinski definition) is 3. The highest BCUT2D eigenvalue weighted by molar-refractivity contribution is 9.10. The Hall–Kier alpha value is -2.16. The first-order valence-electron chi connectivity index (χ1n) is 7.82. The predicted molar refractivity (Wildman–Crippen MR) is 87.8 cm³/mol. The number of likely N-dealkylation sites (N-methyl/N-ethyl adjacent to an activating group) is 1. The number of halogens is 4. The lowest BCUT2D eigenvalue weighted by Crippen LogP contribution is -2.57. The van der Waals surface area contributed by atoms with E-state index in [9.17, 15) is 27.6 Å². The number of piperidine rings is 1. The lowest BCUT2D eigenvalue weighted by Gasteiger charge is -2.44. The molecule has 3 heterocycles. The minimum atomic E-state index is -4.63. The minimum Gasteiger partial charge on any atom is -0.338 e. The molecular weight excluding hydrogens is 417 g/mol.